The lowest BCUT2D eigenvalue weighted by Crippen LogP contribution is -2.60. The van der Waals surface area contributed by atoms with Gasteiger partial charge in [0.15, 0.2) is 22.4 Å². The number of anilines is 2. The van der Waals surface area contributed by atoms with Gasteiger partial charge < -0.3 is 20.6 Å². The van der Waals surface area contributed by atoms with Crippen LogP contribution in [0.3, 0.4) is 0 Å². The molecule has 10 nitrogen and oxygen atoms in total. The highest BCUT2D eigenvalue weighted by atomic mass is 32.1. The van der Waals surface area contributed by atoms with Crippen LogP contribution in [0.5, 0.6) is 0 Å². The fourth-order valence-electron chi connectivity index (χ4n) is 4.35. The molecule has 5 rings (SSSR count). The molecule has 200 valence electrons. The Labute approximate surface area is 222 Å². The van der Waals surface area contributed by atoms with Crippen molar-refractivity contribution in [1.82, 2.24) is 29.5 Å². The summed E-state index contributed by atoms with van der Waals surface area (Å²) < 4.78 is 29.2. The highest BCUT2D eigenvalue weighted by Gasteiger charge is 2.38. The summed E-state index contributed by atoms with van der Waals surface area (Å²) >= 11 is 1.32. The maximum atomic E-state index is 14.1. The van der Waals surface area contributed by atoms with Crippen LogP contribution < -0.4 is 10.6 Å². The smallest absolute Gasteiger partial charge is 0.265 e. The number of nitrogens with two attached hydrogens (primary N) is 1. The van der Waals surface area contributed by atoms with Gasteiger partial charge in [0.2, 0.25) is 5.95 Å². The molecule has 1 amide bonds. The first kappa shape index (κ1) is 27.2. The van der Waals surface area contributed by atoms with Crippen molar-refractivity contribution in [1.29, 1.82) is 0 Å². The number of carbonyl (C=O) groups excluding carboxylic acids is 1. The van der Waals surface area contributed by atoms with Crippen LogP contribution in [-0.4, -0.2) is 72.3 Å². The molecule has 1 saturated heterocycles. The lowest BCUT2D eigenvalue weighted by molar-refractivity contribution is 0.0310. The van der Waals surface area contributed by atoms with Gasteiger partial charge in [0.1, 0.15) is 16.2 Å². The van der Waals surface area contributed by atoms with E-state index >= 15 is 0 Å². The van der Waals surface area contributed by atoms with Gasteiger partial charge in [-0.3, -0.25) is 4.79 Å². The van der Waals surface area contributed by atoms with E-state index in [-0.39, 0.29) is 34.4 Å². The van der Waals surface area contributed by atoms with E-state index in [4.69, 9.17) is 5.73 Å². The number of hydrogen-bond acceptors (Lipinski definition) is 9. The van der Waals surface area contributed by atoms with Gasteiger partial charge in [0.25, 0.3) is 5.91 Å². The van der Waals surface area contributed by atoms with E-state index in [0.29, 0.717) is 43.1 Å². The van der Waals surface area contributed by atoms with Crippen molar-refractivity contribution < 1.29 is 18.7 Å². The number of aryl methyl sites for hydroxylation is 1. The van der Waals surface area contributed by atoms with Crippen molar-refractivity contribution in [3.05, 3.63) is 40.7 Å². The van der Waals surface area contributed by atoms with Crippen LogP contribution in [0.1, 0.15) is 42.2 Å². The van der Waals surface area contributed by atoms with Gasteiger partial charge in [-0.1, -0.05) is 11.3 Å². The standard InChI is InChI=1S/C23H26F2N8O2S.C2H2/c1-12(31(3)20(34)16-9-27-22(36-16)32-10-23(2,35)11-32)5-4-6-17-28-19-14-7-13(24)8-15(25)18(14)29-21(26)33(19)30-17;1-2/h7-9,12,35H,4-6,10-11H2,1-3H3,(H2,26,29);1-2H/t12-;/m0./s1. The minimum atomic E-state index is -0.810. The normalized spacial score (nSPS) is 15.1. The molecule has 3 N–H and O–H groups in total. The number of aliphatic hydroxyl groups is 1. The summed E-state index contributed by atoms with van der Waals surface area (Å²) in [5.74, 6) is -1.22. The molecule has 1 aliphatic heterocycles. The summed E-state index contributed by atoms with van der Waals surface area (Å²) in [5, 5.41) is 15.2. The topological polar surface area (TPSA) is 126 Å². The Morgan fingerprint density at radius 2 is 2.03 bits per heavy atom. The van der Waals surface area contributed by atoms with Crippen LogP contribution in [0.15, 0.2) is 18.3 Å². The highest BCUT2D eigenvalue weighted by Crippen LogP contribution is 2.31. The molecule has 1 aliphatic rings. The number of halogens is 2. The largest absolute Gasteiger partial charge is 0.386 e. The zero-order valence-corrected chi connectivity index (χ0v) is 22.0. The van der Waals surface area contributed by atoms with Crippen LogP contribution in [0, 0.1) is 24.5 Å². The number of carbonyl (C=O) groups is 1. The second-order valence-corrected chi connectivity index (χ2v) is 10.5. The first-order valence-corrected chi connectivity index (χ1v) is 12.7. The number of hydrogen-bond donors (Lipinski definition) is 2. The second kappa shape index (κ2) is 10.5. The maximum absolute atomic E-state index is 14.1. The number of rotatable bonds is 7. The van der Waals surface area contributed by atoms with E-state index in [0.717, 1.165) is 17.3 Å². The van der Waals surface area contributed by atoms with E-state index in [1.54, 1.807) is 25.1 Å². The van der Waals surface area contributed by atoms with Gasteiger partial charge >= 0.3 is 0 Å². The number of thiazole rings is 1. The molecule has 0 spiro atoms. The minimum absolute atomic E-state index is 0.0359. The van der Waals surface area contributed by atoms with E-state index in [9.17, 15) is 18.7 Å². The van der Waals surface area contributed by atoms with Gasteiger partial charge in [-0.15, -0.1) is 17.9 Å². The third-order valence-electron chi connectivity index (χ3n) is 6.41. The van der Waals surface area contributed by atoms with Crippen LogP contribution in [0.4, 0.5) is 19.9 Å². The third kappa shape index (κ3) is 5.23. The molecule has 4 aromatic rings. The second-order valence-electron chi connectivity index (χ2n) is 9.53. The molecule has 1 fully saturated rings. The Morgan fingerprint density at radius 3 is 2.71 bits per heavy atom. The number of β-amino-alcohol motifs (C(OH)–C–C–N with tert-alkyl or cyclic N) is 1. The number of aromatic nitrogens is 5. The molecule has 4 heterocycles. The number of fused-ring (bicyclic) bond motifs is 3. The number of nitrogen functional groups attached to an aromatic ring is 1. The molecule has 13 heteroatoms. The van der Waals surface area contributed by atoms with Crippen LogP contribution in [0.25, 0.3) is 16.6 Å². The Morgan fingerprint density at radius 1 is 1.32 bits per heavy atom. The van der Waals surface area contributed by atoms with Crippen molar-refractivity contribution >= 4 is 44.9 Å². The van der Waals surface area contributed by atoms with Crippen LogP contribution >= 0.6 is 11.3 Å². The molecule has 1 atom stereocenters. The number of benzene rings is 1. The van der Waals surface area contributed by atoms with Gasteiger partial charge in [-0.05, 0) is 32.8 Å². The maximum Gasteiger partial charge on any atom is 0.265 e. The van der Waals surface area contributed by atoms with Crippen molar-refractivity contribution in [3.63, 3.8) is 0 Å². The zero-order chi connectivity index (χ0) is 27.8. The summed E-state index contributed by atoms with van der Waals surface area (Å²) in [7, 11) is 1.76. The lowest BCUT2D eigenvalue weighted by atomic mass is 9.98. The van der Waals surface area contributed by atoms with E-state index in [1.807, 2.05) is 11.8 Å². The molecule has 3 aromatic heterocycles. The molecule has 0 aliphatic carbocycles. The lowest BCUT2D eigenvalue weighted by Gasteiger charge is -2.44. The minimum Gasteiger partial charge on any atom is -0.386 e. The number of amides is 1. The van der Waals surface area contributed by atoms with Gasteiger partial charge in [0.05, 0.1) is 30.3 Å². The Balaban J connectivity index is 0.00000164. The zero-order valence-electron chi connectivity index (χ0n) is 21.2. The number of nitrogens with zero attached hydrogens (tertiary/aromatic N) is 7. The summed E-state index contributed by atoms with van der Waals surface area (Å²) in [6.07, 6.45) is 11.4. The predicted octanol–water partition coefficient (Wildman–Crippen LogP) is 2.90. The highest BCUT2D eigenvalue weighted by molar-refractivity contribution is 7.17. The third-order valence-corrected chi connectivity index (χ3v) is 7.45. The molecule has 38 heavy (non-hydrogen) atoms. The molecule has 0 saturated carbocycles. The van der Waals surface area contributed by atoms with E-state index in [1.165, 1.54) is 15.9 Å². The predicted molar refractivity (Wildman–Crippen MR) is 142 cm³/mol. The molecule has 0 bridgehead atoms. The fourth-order valence-corrected chi connectivity index (χ4v) is 5.25. The first-order chi connectivity index (χ1) is 18.0. The average molecular weight is 543 g/mol. The molecular weight excluding hydrogens is 514 g/mol. The Hall–Kier alpha value is -3.89. The SMILES string of the molecule is C#C.C[C@@H](CCCc1nc2c3cc(F)cc(F)c3nc(N)n2n1)N(C)C(=O)c1cnc(N2CC(C)(O)C2)s1. The van der Waals surface area contributed by atoms with Crippen molar-refractivity contribution in [3.8, 4) is 12.8 Å². The number of terminal acetylenes is 1. The van der Waals surface area contributed by atoms with Crippen molar-refractivity contribution in [2.45, 2.75) is 44.8 Å². The van der Waals surface area contributed by atoms with E-state index in [2.05, 4.69) is 32.9 Å². The molecule has 0 radical (unpaired) electrons. The van der Waals surface area contributed by atoms with Crippen LogP contribution in [-0.2, 0) is 6.42 Å². The summed E-state index contributed by atoms with van der Waals surface area (Å²) in [6.45, 7) is 4.73. The summed E-state index contributed by atoms with van der Waals surface area (Å²) in [6, 6.07) is 1.86. The Kier molecular flexibility index (Phi) is 7.48. The molecular formula is C25H28F2N8O2S. The quantitative estimate of drug-likeness (QED) is 0.342. The van der Waals surface area contributed by atoms with Crippen LogP contribution in [0.2, 0.25) is 0 Å². The Bertz CT molecular complexity index is 1510. The van der Waals surface area contributed by atoms with Gasteiger partial charge in [-0.25, -0.2) is 23.7 Å². The summed E-state index contributed by atoms with van der Waals surface area (Å²) in [4.78, 5) is 29.9. The van der Waals surface area contributed by atoms with Gasteiger partial charge in [-0.2, -0.15) is 4.52 Å². The molecule has 0 unspecified atom stereocenters. The fraction of sp³-hybridized carbons (Fsp3) is 0.400. The monoisotopic (exact) mass is 542 g/mol. The van der Waals surface area contributed by atoms with Gasteiger partial charge in [0, 0.05) is 25.6 Å². The van der Waals surface area contributed by atoms with Crippen molar-refractivity contribution in [2.24, 2.45) is 0 Å². The first-order valence-electron chi connectivity index (χ1n) is 11.9. The molecule has 1 aromatic carbocycles. The summed E-state index contributed by atoms with van der Waals surface area (Å²) in [5.41, 5.74) is 5.40. The van der Waals surface area contributed by atoms with E-state index < -0.39 is 17.2 Å². The average Bonchev–Trinajstić information content (AvgIpc) is 3.52. The van der Waals surface area contributed by atoms with Crippen molar-refractivity contribution in [2.75, 3.05) is 30.8 Å².